The Labute approximate surface area is 119 Å². The third kappa shape index (κ3) is 3.52. The smallest absolute Gasteiger partial charge is 0.145 e. The molecule has 1 aliphatic carbocycles. The highest BCUT2D eigenvalue weighted by molar-refractivity contribution is 6.27. The zero-order valence-electron chi connectivity index (χ0n) is 10.4. The molecule has 1 aliphatic rings. The predicted molar refractivity (Wildman–Crippen MR) is 75.3 cm³/mol. The van der Waals surface area contributed by atoms with Crippen molar-refractivity contribution in [3.63, 3.8) is 0 Å². The summed E-state index contributed by atoms with van der Waals surface area (Å²) in [5, 5.41) is 0. The number of carbonyl (C=O) groups excluding carboxylic acids is 1. The fraction of sp³-hybridized carbons (Fsp3) is 0.923. The number of halogens is 3. The molecule has 0 spiro atoms. The minimum absolute atomic E-state index is 0.119. The highest BCUT2D eigenvalue weighted by Gasteiger charge is 2.41. The number of Topliss-reactive ketones (excluding diaryl/α,β-unsaturated/α-hetero) is 1. The summed E-state index contributed by atoms with van der Waals surface area (Å²) in [4.78, 5) is 12.5. The molecule has 0 aromatic carbocycles. The van der Waals surface area contributed by atoms with Gasteiger partial charge in [0.25, 0.3) is 0 Å². The summed E-state index contributed by atoms with van der Waals surface area (Å²) in [5.74, 6) is 1.78. The molecule has 0 unspecified atom stereocenters. The zero-order valence-corrected chi connectivity index (χ0v) is 12.6. The van der Waals surface area contributed by atoms with Crippen molar-refractivity contribution in [1.29, 1.82) is 0 Å². The average molecular weight is 300 g/mol. The third-order valence-electron chi connectivity index (χ3n) is 4.08. The van der Waals surface area contributed by atoms with Crippen LogP contribution >= 0.6 is 34.8 Å². The second kappa shape index (κ2) is 7.21. The lowest BCUT2D eigenvalue weighted by Crippen LogP contribution is -2.42. The molecule has 0 saturated heterocycles. The molecule has 0 amide bonds. The minimum Gasteiger partial charge on any atom is -0.299 e. The second-order valence-corrected chi connectivity index (χ2v) is 5.97. The first-order valence-corrected chi connectivity index (χ1v) is 7.96. The fourth-order valence-electron chi connectivity index (χ4n) is 2.57. The monoisotopic (exact) mass is 298 g/mol. The molecule has 1 fully saturated rings. The van der Waals surface area contributed by atoms with E-state index in [9.17, 15) is 4.79 Å². The normalized spacial score (nSPS) is 25.9. The molecule has 1 saturated carbocycles. The van der Waals surface area contributed by atoms with Crippen molar-refractivity contribution in [2.45, 2.75) is 39.0 Å². The van der Waals surface area contributed by atoms with Crippen LogP contribution in [0.1, 0.15) is 39.0 Å². The summed E-state index contributed by atoms with van der Waals surface area (Å²) in [6.07, 6.45) is 5.46. The summed E-state index contributed by atoms with van der Waals surface area (Å²) in [7, 11) is 0. The van der Waals surface area contributed by atoms with E-state index in [2.05, 4.69) is 6.92 Å². The van der Waals surface area contributed by atoms with Gasteiger partial charge in [-0.3, -0.25) is 4.79 Å². The van der Waals surface area contributed by atoms with Crippen LogP contribution in [0.2, 0.25) is 0 Å². The molecule has 0 heterocycles. The van der Waals surface area contributed by atoms with Crippen LogP contribution in [-0.2, 0) is 4.79 Å². The van der Waals surface area contributed by atoms with Gasteiger partial charge >= 0.3 is 0 Å². The molecule has 1 nitrogen and oxygen atoms in total. The molecular weight excluding hydrogens is 279 g/mol. The van der Waals surface area contributed by atoms with Crippen LogP contribution in [0.15, 0.2) is 0 Å². The second-order valence-electron chi connectivity index (χ2n) is 5.17. The van der Waals surface area contributed by atoms with Gasteiger partial charge in [-0.2, -0.15) is 0 Å². The molecule has 0 radical (unpaired) electrons. The molecule has 1 rings (SSSR count). The van der Waals surface area contributed by atoms with E-state index in [-0.39, 0.29) is 29.3 Å². The fourth-order valence-corrected chi connectivity index (χ4v) is 3.82. The number of hydrogen-bond acceptors (Lipinski definition) is 1. The maximum atomic E-state index is 12.5. The van der Waals surface area contributed by atoms with E-state index in [0.29, 0.717) is 0 Å². The number of rotatable bonds is 6. The standard InChI is InChI=1S/C13H21Cl3O/c1-2-10-3-5-11(6-4-10)12(17)13(7-14,8-15)9-16/h10-11H,2-9H2,1H3. The average Bonchev–Trinajstić information content (AvgIpc) is 2.41. The van der Waals surface area contributed by atoms with Crippen molar-refractivity contribution in [3.05, 3.63) is 0 Å². The summed E-state index contributed by atoms with van der Waals surface area (Å²) in [6.45, 7) is 2.22. The van der Waals surface area contributed by atoms with Crippen LogP contribution in [0, 0.1) is 17.3 Å². The molecule has 100 valence electrons. The molecule has 0 N–H and O–H groups in total. The van der Waals surface area contributed by atoms with E-state index in [1.807, 2.05) is 0 Å². The summed E-state index contributed by atoms with van der Waals surface area (Å²) in [6, 6.07) is 0. The topological polar surface area (TPSA) is 17.1 Å². The number of carbonyl (C=O) groups is 1. The van der Waals surface area contributed by atoms with Gasteiger partial charge in [0.05, 0.1) is 5.41 Å². The predicted octanol–water partition coefficient (Wildman–Crippen LogP) is 4.47. The minimum atomic E-state index is -0.714. The first-order chi connectivity index (χ1) is 8.13. The SMILES string of the molecule is CCC1CCC(C(=O)C(CCl)(CCl)CCl)CC1. The van der Waals surface area contributed by atoms with Gasteiger partial charge < -0.3 is 0 Å². The quantitative estimate of drug-likeness (QED) is 0.661. The van der Waals surface area contributed by atoms with Crippen molar-refractivity contribution >= 4 is 40.6 Å². The van der Waals surface area contributed by atoms with E-state index in [1.165, 1.54) is 6.42 Å². The van der Waals surface area contributed by atoms with Crippen LogP contribution < -0.4 is 0 Å². The third-order valence-corrected chi connectivity index (χ3v) is 5.62. The Kier molecular flexibility index (Phi) is 6.61. The summed E-state index contributed by atoms with van der Waals surface area (Å²) < 4.78 is 0. The van der Waals surface area contributed by atoms with Crippen LogP contribution in [0.25, 0.3) is 0 Å². The molecule has 0 aromatic heterocycles. The van der Waals surface area contributed by atoms with Gasteiger partial charge in [0.2, 0.25) is 0 Å². The number of hydrogen-bond donors (Lipinski definition) is 0. The first-order valence-electron chi connectivity index (χ1n) is 6.35. The summed E-state index contributed by atoms with van der Waals surface area (Å²) in [5.41, 5.74) is -0.714. The van der Waals surface area contributed by atoms with Gasteiger partial charge in [0, 0.05) is 23.6 Å². The number of ketones is 1. The molecule has 4 heteroatoms. The van der Waals surface area contributed by atoms with Crippen molar-refractivity contribution in [2.24, 2.45) is 17.3 Å². The Morgan fingerprint density at radius 2 is 1.53 bits per heavy atom. The highest BCUT2D eigenvalue weighted by Crippen LogP contribution is 2.37. The lowest BCUT2D eigenvalue weighted by Gasteiger charge is -2.34. The van der Waals surface area contributed by atoms with Crippen molar-refractivity contribution in [3.8, 4) is 0 Å². The van der Waals surface area contributed by atoms with E-state index < -0.39 is 5.41 Å². The maximum Gasteiger partial charge on any atom is 0.145 e. The van der Waals surface area contributed by atoms with Crippen molar-refractivity contribution < 1.29 is 4.79 Å². The van der Waals surface area contributed by atoms with E-state index in [4.69, 9.17) is 34.8 Å². The van der Waals surface area contributed by atoms with Crippen LogP contribution in [0.5, 0.6) is 0 Å². The molecular formula is C13H21Cl3O. The van der Waals surface area contributed by atoms with Gasteiger partial charge in [-0.1, -0.05) is 13.3 Å². The Morgan fingerprint density at radius 3 is 1.88 bits per heavy atom. The molecule has 17 heavy (non-hydrogen) atoms. The molecule has 0 aliphatic heterocycles. The Bertz CT molecular complexity index is 235. The zero-order chi connectivity index (χ0) is 12.9. The Morgan fingerprint density at radius 1 is 1.06 bits per heavy atom. The largest absolute Gasteiger partial charge is 0.299 e. The lowest BCUT2D eigenvalue weighted by atomic mass is 9.73. The highest BCUT2D eigenvalue weighted by atomic mass is 35.5. The van der Waals surface area contributed by atoms with Crippen LogP contribution in [0.3, 0.4) is 0 Å². The Balaban J connectivity index is 2.64. The Hall–Kier alpha value is 0.540. The van der Waals surface area contributed by atoms with Gasteiger partial charge in [0.15, 0.2) is 0 Å². The molecule has 0 bridgehead atoms. The van der Waals surface area contributed by atoms with Crippen LogP contribution in [-0.4, -0.2) is 23.4 Å². The molecule has 0 atom stereocenters. The van der Waals surface area contributed by atoms with Crippen molar-refractivity contribution in [2.75, 3.05) is 17.6 Å². The first kappa shape index (κ1) is 15.6. The summed E-state index contributed by atoms with van der Waals surface area (Å²) >= 11 is 17.7. The maximum absolute atomic E-state index is 12.5. The van der Waals surface area contributed by atoms with Gasteiger partial charge in [-0.15, -0.1) is 34.8 Å². The van der Waals surface area contributed by atoms with Gasteiger partial charge in [-0.05, 0) is 31.6 Å². The van der Waals surface area contributed by atoms with Crippen molar-refractivity contribution in [1.82, 2.24) is 0 Å². The van der Waals surface area contributed by atoms with E-state index in [1.54, 1.807) is 0 Å². The number of alkyl halides is 3. The van der Waals surface area contributed by atoms with Crippen LogP contribution in [0.4, 0.5) is 0 Å². The van der Waals surface area contributed by atoms with Gasteiger partial charge in [0.1, 0.15) is 5.78 Å². The lowest BCUT2D eigenvalue weighted by molar-refractivity contribution is -0.131. The molecule has 0 aromatic rings. The van der Waals surface area contributed by atoms with E-state index >= 15 is 0 Å². The van der Waals surface area contributed by atoms with Gasteiger partial charge in [-0.25, -0.2) is 0 Å². The van der Waals surface area contributed by atoms with E-state index in [0.717, 1.165) is 31.6 Å².